The van der Waals surface area contributed by atoms with Gasteiger partial charge in [0.2, 0.25) is 0 Å². The molecule has 0 unspecified atom stereocenters. The van der Waals surface area contributed by atoms with Gasteiger partial charge >= 0.3 is 0 Å². The van der Waals surface area contributed by atoms with Crippen molar-refractivity contribution in [3.8, 4) is 44.9 Å². The first-order valence-electron chi connectivity index (χ1n) is 20.7. The van der Waals surface area contributed by atoms with E-state index in [-0.39, 0.29) is 25.9 Å². The molecule has 4 nitrogen and oxygen atoms in total. The van der Waals surface area contributed by atoms with Crippen molar-refractivity contribution < 1.29 is 28.9 Å². The van der Waals surface area contributed by atoms with Crippen LogP contribution in [0, 0.1) is 12.7 Å². The van der Waals surface area contributed by atoms with Gasteiger partial charge in [-0.2, -0.15) is 0 Å². The fourth-order valence-electron chi connectivity index (χ4n) is 7.33. The summed E-state index contributed by atoms with van der Waals surface area (Å²) in [5, 5.41) is 3.58. The number of pyridine rings is 3. The molecule has 0 bridgehead atoms. The van der Waals surface area contributed by atoms with E-state index in [9.17, 15) is 4.39 Å². The Morgan fingerprint density at radius 2 is 1.21 bits per heavy atom. The fourth-order valence-corrected chi connectivity index (χ4v) is 9.01. The molecule has 5 aromatic carbocycles. The van der Waals surface area contributed by atoms with Crippen LogP contribution >= 0.6 is 0 Å². The van der Waals surface area contributed by atoms with Crippen molar-refractivity contribution in [1.29, 1.82) is 0 Å². The normalized spacial score (nSPS) is 11.0. The van der Waals surface area contributed by atoms with E-state index in [1.807, 2.05) is 79.1 Å². The molecule has 0 aliphatic heterocycles. The van der Waals surface area contributed by atoms with Gasteiger partial charge in [0.1, 0.15) is 17.0 Å². The van der Waals surface area contributed by atoms with Crippen LogP contribution in [0.4, 0.5) is 4.39 Å². The molecule has 0 aliphatic rings. The largest absolute Gasteiger partial charge is 0.455 e. The van der Waals surface area contributed by atoms with Gasteiger partial charge in [0.05, 0.1) is 25.2 Å². The molecule has 0 atom stereocenters. The molecule has 0 saturated heterocycles. The number of hydrogen-bond acceptors (Lipinski definition) is 4. The summed E-state index contributed by atoms with van der Waals surface area (Å²) in [5.41, 5.74) is 13.7. The molecule has 0 aliphatic carbocycles. The number of fused-ring (bicyclic) bond motifs is 3. The maximum absolute atomic E-state index is 13.6. The van der Waals surface area contributed by atoms with Crippen molar-refractivity contribution in [2.24, 2.45) is 0 Å². The zero-order valence-electron chi connectivity index (χ0n) is 35.9. The topological polar surface area (TPSA) is 51.8 Å². The molecule has 61 heavy (non-hydrogen) atoms. The second kappa shape index (κ2) is 20.1. The summed E-state index contributed by atoms with van der Waals surface area (Å²) >= 11 is 0. The summed E-state index contributed by atoms with van der Waals surface area (Å²) in [6, 6.07) is 49.9. The van der Waals surface area contributed by atoms with Gasteiger partial charge in [0, 0.05) is 66.2 Å². The van der Waals surface area contributed by atoms with E-state index in [4.69, 9.17) is 9.40 Å². The standard InChI is InChI=1S/C24H16FNO.C17H23NSi.C13H13N.Ir/c1-15-10-11-26-22(12-15)21-7-3-6-20-19-9-8-17(14-23(19)27-24(20)21)16-4-2-5-18(25)13-16;1-13(2)15-11-16(14-9-7-6-8-10-14)18-12-17(15)19(3,4)5;1-2-11-8-9-14-13(10-11)12-6-4-3-5-7-12;/h2-14H,1H3;6-13H,1-5H3;3-10H,2H2,1H3;. The van der Waals surface area contributed by atoms with Crippen LogP contribution in [0.2, 0.25) is 19.6 Å². The summed E-state index contributed by atoms with van der Waals surface area (Å²) in [6.45, 7) is 15.9. The van der Waals surface area contributed by atoms with Crippen LogP contribution in [0.3, 0.4) is 0 Å². The Bertz CT molecular complexity index is 2850. The number of halogens is 1. The Balaban J connectivity index is 0.000000161. The number of furan rings is 1. The van der Waals surface area contributed by atoms with Crippen LogP contribution in [0.1, 0.15) is 43.4 Å². The van der Waals surface area contributed by atoms with Crippen LogP contribution < -0.4 is 5.19 Å². The van der Waals surface area contributed by atoms with Gasteiger partial charge < -0.3 is 4.42 Å². The molecule has 309 valence electrons. The minimum Gasteiger partial charge on any atom is -0.455 e. The molecule has 4 heterocycles. The second-order valence-corrected chi connectivity index (χ2v) is 21.5. The molecule has 0 spiro atoms. The van der Waals surface area contributed by atoms with Crippen molar-refractivity contribution in [1.82, 2.24) is 15.0 Å². The Kier molecular flexibility index (Phi) is 14.8. The van der Waals surface area contributed by atoms with Crippen molar-refractivity contribution in [3.63, 3.8) is 0 Å². The maximum Gasteiger partial charge on any atom is 0.144 e. The van der Waals surface area contributed by atoms with Crippen LogP contribution in [0.5, 0.6) is 0 Å². The molecule has 1 radical (unpaired) electrons. The third kappa shape index (κ3) is 10.9. The molecule has 7 heteroatoms. The molecule has 9 aromatic rings. The third-order valence-corrected chi connectivity index (χ3v) is 12.6. The Morgan fingerprint density at radius 1 is 0.590 bits per heavy atom. The monoisotopic (exact) mass is 998 g/mol. The van der Waals surface area contributed by atoms with Gasteiger partial charge in [-0.15, -0.1) is 0 Å². The number of para-hydroxylation sites is 1. The minimum atomic E-state index is -1.33. The molecule has 9 rings (SSSR count). The van der Waals surface area contributed by atoms with Gasteiger partial charge in [0.25, 0.3) is 0 Å². The summed E-state index contributed by atoms with van der Waals surface area (Å²) < 4.78 is 19.8. The zero-order chi connectivity index (χ0) is 42.2. The molecule has 0 fully saturated rings. The van der Waals surface area contributed by atoms with Gasteiger partial charge in [-0.05, 0) is 113 Å². The summed E-state index contributed by atoms with van der Waals surface area (Å²) in [5.74, 6) is 0.303. The van der Waals surface area contributed by atoms with Crippen molar-refractivity contribution in [2.75, 3.05) is 0 Å². The number of aromatic nitrogens is 3. The van der Waals surface area contributed by atoms with Gasteiger partial charge in [-0.25, -0.2) is 4.39 Å². The quantitative estimate of drug-likeness (QED) is 0.149. The molecule has 0 saturated carbocycles. The van der Waals surface area contributed by atoms with Gasteiger partial charge in [0.15, 0.2) is 0 Å². The fraction of sp³-hybridized carbons (Fsp3) is 0.167. The first-order valence-corrected chi connectivity index (χ1v) is 24.2. The van der Waals surface area contributed by atoms with Crippen molar-refractivity contribution >= 4 is 35.2 Å². The molecule has 0 N–H and O–H groups in total. The molecular weight excluding hydrogens is 946 g/mol. The number of nitrogens with zero attached hydrogens (tertiary/aromatic N) is 3. The summed E-state index contributed by atoms with van der Waals surface area (Å²) in [6.07, 6.45) is 6.86. The average Bonchev–Trinajstić information content (AvgIpc) is 3.65. The number of hydrogen-bond donors (Lipinski definition) is 0. The van der Waals surface area contributed by atoms with Crippen LogP contribution in [-0.4, -0.2) is 23.0 Å². The molecule has 4 aromatic heterocycles. The van der Waals surface area contributed by atoms with Crippen molar-refractivity contribution in [2.45, 2.75) is 59.7 Å². The Hall–Kier alpha value is -5.85. The van der Waals surface area contributed by atoms with E-state index < -0.39 is 8.07 Å². The number of aryl methyl sites for hydroxylation is 2. The third-order valence-electron chi connectivity index (χ3n) is 10.6. The molecular formula is C54H52FIrN3OSi. The maximum atomic E-state index is 13.6. The van der Waals surface area contributed by atoms with E-state index in [0.717, 1.165) is 67.7 Å². The van der Waals surface area contributed by atoms with E-state index in [1.54, 1.807) is 6.07 Å². The number of rotatable bonds is 7. The predicted octanol–water partition coefficient (Wildman–Crippen LogP) is 14.5. The van der Waals surface area contributed by atoms with E-state index >= 15 is 0 Å². The molecule has 0 amide bonds. The summed E-state index contributed by atoms with van der Waals surface area (Å²) in [7, 11) is -1.33. The van der Waals surface area contributed by atoms with Crippen molar-refractivity contribution in [3.05, 3.63) is 193 Å². The Morgan fingerprint density at radius 3 is 1.85 bits per heavy atom. The van der Waals surface area contributed by atoms with Crippen LogP contribution in [-0.2, 0) is 26.5 Å². The minimum absolute atomic E-state index is 0. The Labute approximate surface area is 374 Å². The smallest absolute Gasteiger partial charge is 0.144 e. The summed E-state index contributed by atoms with van der Waals surface area (Å²) in [4.78, 5) is 13.6. The number of benzene rings is 5. The van der Waals surface area contributed by atoms with Gasteiger partial charge in [-0.3, -0.25) is 15.0 Å². The van der Waals surface area contributed by atoms with E-state index in [2.05, 4.69) is 130 Å². The zero-order valence-corrected chi connectivity index (χ0v) is 39.3. The predicted molar refractivity (Wildman–Crippen MR) is 253 cm³/mol. The van der Waals surface area contributed by atoms with E-state index in [0.29, 0.717) is 5.92 Å². The van der Waals surface area contributed by atoms with Crippen LogP contribution in [0.25, 0.3) is 66.8 Å². The van der Waals surface area contributed by atoms with E-state index in [1.165, 1.54) is 39.6 Å². The SMILES string of the molecule is CC(C)c1cc(-c2ccccc2)ncc1[Si](C)(C)C.CCc1ccnc(-c2ccccc2)c1.Cc1ccnc(-c2cccc3c2oc2cc(-c4cccc(F)c4)ccc23)c1.[Ir]. The first-order chi connectivity index (χ1) is 29.0. The average molecular weight is 998 g/mol. The van der Waals surface area contributed by atoms with Crippen LogP contribution in [0.15, 0.2) is 175 Å². The first kappa shape index (κ1) is 44.7. The van der Waals surface area contributed by atoms with Gasteiger partial charge in [-0.1, -0.05) is 131 Å². The second-order valence-electron chi connectivity index (χ2n) is 16.4.